The lowest BCUT2D eigenvalue weighted by Crippen LogP contribution is -2.12. The molecule has 1 N–H and O–H groups in total. The summed E-state index contributed by atoms with van der Waals surface area (Å²) in [6.07, 6.45) is 0.687. The van der Waals surface area contributed by atoms with Crippen molar-refractivity contribution >= 4 is 22.7 Å². The van der Waals surface area contributed by atoms with Crippen LogP contribution in [-0.2, 0) is 11.2 Å². The number of nitrogens with zero attached hydrogens (tertiary/aromatic N) is 1. The summed E-state index contributed by atoms with van der Waals surface area (Å²) in [5, 5.41) is 2.85. The largest absolute Gasteiger partial charge is 0.494 e. The number of aryl methyl sites for hydroxylation is 1. The second kappa shape index (κ2) is 8.14. The van der Waals surface area contributed by atoms with Gasteiger partial charge in [-0.25, -0.2) is 9.37 Å². The van der Waals surface area contributed by atoms with Crippen molar-refractivity contribution in [3.8, 4) is 17.2 Å². The number of para-hydroxylation sites is 2. The van der Waals surface area contributed by atoms with Crippen LogP contribution in [0.2, 0.25) is 0 Å². The lowest BCUT2D eigenvalue weighted by molar-refractivity contribution is -0.116. The van der Waals surface area contributed by atoms with E-state index in [0.717, 1.165) is 22.2 Å². The van der Waals surface area contributed by atoms with Crippen molar-refractivity contribution in [2.45, 2.75) is 12.8 Å². The molecule has 0 unspecified atom stereocenters. The Bertz CT molecular complexity index is 1120. The van der Waals surface area contributed by atoms with Crippen LogP contribution >= 0.6 is 0 Å². The predicted molar refractivity (Wildman–Crippen MR) is 109 cm³/mol. The van der Waals surface area contributed by atoms with Gasteiger partial charge < -0.3 is 14.5 Å². The van der Waals surface area contributed by atoms with Gasteiger partial charge in [0.15, 0.2) is 17.1 Å². The third kappa shape index (κ3) is 4.27. The first-order valence-corrected chi connectivity index (χ1v) is 9.20. The summed E-state index contributed by atoms with van der Waals surface area (Å²) in [6, 6.07) is 19.6. The molecule has 1 heterocycles. The molecular weight excluding hydrogens is 371 g/mol. The van der Waals surface area contributed by atoms with Gasteiger partial charge in [-0.15, -0.1) is 0 Å². The third-order valence-corrected chi connectivity index (χ3v) is 4.57. The minimum atomic E-state index is -0.430. The van der Waals surface area contributed by atoms with E-state index in [2.05, 4.69) is 10.3 Å². The number of anilines is 1. The highest BCUT2D eigenvalue weighted by Crippen LogP contribution is 2.25. The summed E-state index contributed by atoms with van der Waals surface area (Å²) in [5.41, 5.74) is 3.78. The first-order chi connectivity index (χ1) is 14.1. The summed E-state index contributed by atoms with van der Waals surface area (Å²) in [7, 11) is 1.42. The standard InChI is InChI=1S/C23H19FN2O3/c1-28-20-12-6-15(14-18(20)24)7-13-22(27)25-17-10-8-16(9-11-17)23-26-19-4-2-3-5-21(19)29-23/h2-6,8-12,14H,7,13H2,1H3,(H,25,27). The second-order valence-electron chi connectivity index (χ2n) is 6.58. The Morgan fingerprint density at radius 3 is 2.62 bits per heavy atom. The Hall–Kier alpha value is -3.67. The van der Waals surface area contributed by atoms with E-state index >= 15 is 0 Å². The number of hydrogen-bond acceptors (Lipinski definition) is 4. The van der Waals surface area contributed by atoms with E-state index in [9.17, 15) is 9.18 Å². The van der Waals surface area contributed by atoms with Gasteiger partial charge in [0.2, 0.25) is 11.8 Å². The van der Waals surface area contributed by atoms with Crippen molar-refractivity contribution in [1.29, 1.82) is 0 Å². The molecular formula is C23H19FN2O3. The molecule has 4 rings (SSSR count). The molecule has 0 atom stereocenters. The summed E-state index contributed by atoms with van der Waals surface area (Å²) in [4.78, 5) is 16.7. The van der Waals surface area contributed by atoms with Gasteiger partial charge in [-0.05, 0) is 60.5 Å². The minimum absolute atomic E-state index is 0.143. The highest BCUT2D eigenvalue weighted by Gasteiger charge is 2.09. The molecule has 3 aromatic carbocycles. The SMILES string of the molecule is COc1ccc(CCC(=O)Nc2ccc(-c3nc4ccccc4o3)cc2)cc1F. The van der Waals surface area contributed by atoms with Gasteiger partial charge in [0, 0.05) is 17.7 Å². The number of aromatic nitrogens is 1. The molecule has 0 aliphatic carbocycles. The average Bonchev–Trinajstić information content (AvgIpc) is 3.17. The van der Waals surface area contributed by atoms with Crippen LogP contribution in [0.3, 0.4) is 0 Å². The van der Waals surface area contributed by atoms with Crippen LogP contribution in [0, 0.1) is 5.82 Å². The summed E-state index contributed by atoms with van der Waals surface area (Å²) in [5.74, 6) is 0.152. The van der Waals surface area contributed by atoms with Crippen molar-refractivity contribution in [1.82, 2.24) is 4.98 Å². The highest BCUT2D eigenvalue weighted by atomic mass is 19.1. The molecule has 0 saturated heterocycles. The smallest absolute Gasteiger partial charge is 0.227 e. The van der Waals surface area contributed by atoms with Gasteiger partial charge in [0.05, 0.1) is 7.11 Å². The molecule has 146 valence electrons. The lowest BCUT2D eigenvalue weighted by Gasteiger charge is -2.07. The number of ether oxygens (including phenoxy) is 1. The Labute approximate surface area is 167 Å². The normalized spacial score (nSPS) is 10.8. The van der Waals surface area contributed by atoms with Gasteiger partial charge in [-0.1, -0.05) is 18.2 Å². The Kier molecular flexibility index (Phi) is 5.24. The summed E-state index contributed by atoms with van der Waals surface area (Å²) < 4.78 is 24.4. The van der Waals surface area contributed by atoms with E-state index in [0.29, 0.717) is 18.0 Å². The van der Waals surface area contributed by atoms with E-state index in [4.69, 9.17) is 9.15 Å². The maximum Gasteiger partial charge on any atom is 0.227 e. The number of hydrogen-bond donors (Lipinski definition) is 1. The van der Waals surface area contributed by atoms with Crippen molar-refractivity contribution in [3.63, 3.8) is 0 Å². The van der Waals surface area contributed by atoms with Crippen LogP contribution in [0.15, 0.2) is 71.1 Å². The monoisotopic (exact) mass is 390 g/mol. The Balaban J connectivity index is 1.37. The first-order valence-electron chi connectivity index (χ1n) is 9.20. The van der Waals surface area contributed by atoms with Crippen molar-refractivity contribution in [2.75, 3.05) is 12.4 Å². The predicted octanol–water partition coefficient (Wildman–Crippen LogP) is 5.21. The van der Waals surface area contributed by atoms with Crippen LogP contribution in [0.5, 0.6) is 5.75 Å². The molecule has 0 spiro atoms. The average molecular weight is 390 g/mol. The minimum Gasteiger partial charge on any atom is -0.494 e. The number of halogens is 1. The first kappa shape index (κ1) is 18.7. The second-order valence-corrected chi connectivity index (χ2v) is 6.58. The van der Waals surface area contributed by atoms with E-state index in [1.807, 2.05) is 36.4 Å². The maximum atomic E-state index is 13.7. The summed E-state index contributed by atoms with van der Waals surface area (Å²) in [6.45, 7) is 0. The zero-order valence-corrected chi connectivity index (χ0v) is 15.8. The highest BCUT2D eigenvalue weighted by molar-refractivity contribution is 5.91. The summed E-state index contributed by atoms with van der Waals surface area (Å²) >= 11 is 0. The lowest BCUT2D eigenvalue weighted by atomic mass is 10.1. The number of carbonyl (C=O) groups excluding carboxylic acids is 1. The van der Waals surface area contributed by atoms with Crippen LogP contribution in [0.4, 0.5) is 10.1 Å². The number of rotatable bonds is 6. The number of carbonyl (C=O) groups is 1. The molecule has 5 nitrogen and oxygen atoms in total. The molecule has 1 aromatic heterocycles. The molecule has 0 bridgehead atoms. The van der Waals surface area contributed by atoms with Gasteiger partial charge in [0.25, 0.3) is 0 Å². The van der Waals surface area contributed by atoms with Crippen LogP contribution in [0.1, 0.15) is 12.0 Å². The number of fused-ring (bicyclic) bond motifs is 1. The van der Waals surface area contributed by atoms with Crippen molar-refractivity contribution in [2.24, 2.45) is 0 Å². The fourth-order valence-electron chi connectivity index (χ4n) is 3.04. The zero-order valence-electron chi connectivity index (χ0n) is 15.8. The van der Waals surface area contributed by atoms with Gasteiger partial charge in [0.1, 0.15) is 5.52 Å². The van der Waals surface area contributed by atoms with Crippen LogP contribution in [-0.4, -0.2) is 18.0 Å². The molecule has 29 heavy (non-hydrogen) atoms. The molecule has 0 aliphatic heterocycles. The Morgan fingerprint density at radius 2 is 1.90 bits per heavy atom. The zero-order chi connectivity index (χ0) is 20.2. The molecule has 1 amide bonds. The molecule has 0 aliphatic rings. The molecule has 0 fully saturated rings. The molecule has 4 aromatic rings. The molecule has 0 saturated carbocycles. The fraction of sp³-hybridized carbons (Fsp3) is 0.130. The molecule has 0 radical (unpaired) electrons. The van der Waals surface area contributed by atoms with Crippen molar-refractivity contribution < 1.29 is 18.3 Å². The van der Waals surface area contributed by atoms with Gasteiger partial charge >= 0.3 is 0 Å². The van der Waals surface area contributed by atoms with E-state index in [-0.39, 0.29) is 18.1 Å². The number of methoxy groups -OCH3 is 1. The van der Waals surface area contributed by atoms with Crippen LogP contribution < -0.4 is 10.1 Å². The van der Waals surface area contributed by atoms with E-state index in [1.165, 1.54) is 13.2 Å². The topological polar surface area (TPSA) is 64.4 Å². The number of benzene rings is 3. The van der Waals surface area contributed by atoms with E-state index in [1.54, 1.807) is 24.3 Å². The molecule has 6 heteroatoms. The quantitative estimate of drug-likeness (QED) is 0.491. The maximum absolute atomic E-state index is 13.7. The van der Waals surface area contributed by atoms with Gasteiger partial charge in [-0.2, -0.15) is 0 Å². The Morgan fingerprint density at radius 1 is 1.10 bits per heavy atom. The van der Waals surface area contributed by atoms with Crippen molar-refractivity contribution in [3.05, 3.63) is 78.1 Å². The number of amides is 1. The van der Waals surface area contributed by atoms with Crippen LogP contribution in [0.25, 0.3) is 22.6 Å². The third-order valence-electron chi connectivity index (χ3n) is 4.57. The fourth-order valence-corrected chi connectivity index (χ4v) is 3.04. The van der Waals surface area contributed by atoms with E-state index < -0.39 is 5.82 Å². The number of oxazole rings is 1. The van der Waals surface area contributed by atoms with Gasteiger partial charge in [-0.3, -0.25) is 4.79 Å². The number of nitrogens with one attached hydrogen (secondary N) is 1.